The van der Waals surface area contributed by atoms with Gasteiger partial charge < -0.3 is 17.3 Å². The molecule has 8 N–H and O–H groups in total. The number of carbonyl (C=O) groups is 1. The van der Waals surface area contributed by atoms with Gasteiger partial charge in [0, 0.05) is 5.56 Å². The van der Waals surface area contributed by atoms with Crippen molar-refractivity contribution in [3.8, 4) is 0 Å². The second-order valence-corrected chi connectivity index (χ2v) is 6.45. The molecule has 0 aromatic heterocycles. The summed E-state index contributed by atoms with van der Waals surface area (Å²) in [5.74, 6) is 3.85. The third-order valence-corrected chi connectivity index (χ3v) is 3.85. The Kier molecular flexibility index (Phi) is 16.6. The zero-order valence-electron chi connectivity index (χ0n) is 19.5. The van der Waals surface area contributed by atoms with Crippen molar-refractivity contribution in [3.63, 3.8) is 0 Å². The molecule has 14 heteroatoms. The molecule has 0 bridgehead atoms. The monoisotopic (exact) mass is 514 g/mol. The van der Waals surface area contributed by atoms with E-state index < -0.39 is 11.6 Å². The number of nitrogens with two attached hydrogens (primary N) is 3. The van der Waals surface area contributed by atoms with E-state index in [1.54, 1.807) is 32.0 Å². The second kappa shape index (κ2) is 18.6. The zero-order valence-corrected chi connectivity index (χ0v) is 20.2. The minimum Gasteiger partial charge on any atom is -0.367 e. The van der Waals surface area contributed by atoms with Gasteiger partial charge in [-0.2, -0.15) is 5.10 Å². The average molecular weight is 515 g/mol. The summed E-state index contributed by atoms with van der Waals surface area (Å²) in [6, 6.07) is 8.89. The number of hydrazone groups is 1. The van der Waals surface area contributed by atoms with Crippen LogP contribution >= 0.6 is 11.6 Å². The van der Waals surface area contributed by atoms with Gasteiger partial charge in [0.1, 0.15) is 11.6 Å². The van der Waals surface area contributed by atoms with Gasteiger partial charge in [-0.15, -0.1) is 10.2 Å². The maximum absolute atomic E-state index is 13.3. The molecular formula is C21H29ClF2N8O3. The fraction of sp³-hybridized carbons (Fsp3) is 0.238. The lowest BCUT2D eigenvalue weighted by Crippen LogP contribution is -2.32. The minimum atomic E-state index is -0.479. The maximum atomic E-state index is 13.3. The maximum Gasteiger partial charge on any atom is 0.237 e. The van der Waals surface area contributed by atoms with Crippen LogP contribution < -0.4 is 28.3 Å². The van der Waals surface area contributed by atoms with Crippen molar-refractivity contribution in [2.75, 3.05) is 13.2 Å². The number of nitrogens with zero attached hydrogens (tertiary/aromatic N) is 3. The highest BCUT2D eigenvalue weighted by Crippen LogP contribution is 2.16. The number of hydrogen-bond acceptors (Lipinski definition) is 7. The van der Waals surface area contributed by atoms with Crippen LogP contribution in [0.4, 0.5) is 8.78 Å². The van der Waals surface area contributed by atoms with Gasteiger partial charge in [-0.3, -0.25) is 14.5 Å². The van der Waals surface area contributed by atoms with Crippen molar-refractivity contribution < 1.29 is 23.3 Å². The largest absolute Gasteiger partial charge is 0.367 e. The predicted molar refractivity (Wildman–Crippen MR) is 132 cm³/mol. The molecule has 2 rings (SSSR count). The van der Waals surface area contributed by atoms with E-state index in [0.717, 1.165) is 0 Å². The molecule has 2 aromatic rings. The fourth-order valence-electron chi connectivity index (χ4n) is 1.92. The van der Waals surface area contributed by atoms with Crippen LogP contribution in [0, 0.1) is 18.6 Å². The lowest BCUT2D eigenvalue weighted by Gasteiger charge is -2.00. The zero-order chi connectivity index (χ0) is 26.6. The lowest BCUT2D eigenvalue weighted by molar-refractivity contribution is 0.0957. The number of aryl methyl sites for hydroxylation is 1. The number of hydroxylamine groups is 2. The van der Waals surface area contributed by atoms with Gasteiger partial charge in [-0.05, 0) is 44.5 Å². The van der Waals surface area contributed by atoms with Gasteiger partial charge in [-0.1, -0.05) is 29.8 Å². The van der Waals surface area contributed by atoms with E-state index >= 15 is 0 Å². The summed E-state index contributed by atoms with van der Waals surface area (Å²) in [4.78, 5) is 19.6. The summed E-state index contributed by atoms with van der Waals surface area (Å²) in [6.07, 6.45) is 1.71. The molecule has 0 spiro atoms. The third-order valence-electron chi connectivity index (χ3n) is 3.52. The Bertz CT molecular complexity index is 966. The molecule has 0 fully saturated rings. The number of carbonyl (C=O) groups excluding carboxylic acids is 1. The normalized spacial score (nSPS) is 11.1. The highest BCUT2D eigenvalue weighted by Gasteiger charge is 2.03. The lowest BCUT2D eigenvalue weighted by atomic mass is 10.1. The molecule has 0 saturated heterocycles. The molecule has 2 aromatic carbocycles. The van der Waals surface area contributed by atoms with Crippen molar-refractivity contribution in [2.45, 2.75) is 20.8 Å². The third kappa shape index (κ3) is 13.5. The van der Waals surface area contributed by atoms with Crippen LogP contribution in [0.25, 0.3) is 0 Å². The Balaban J connectivity index is 0.000000545. The fourth-order valence-corrected chi connectivity index (χ4v) is 2.13. The van der Waals surface area contributed by atoms with Crippen LogP contribution in [-0.4, -0.2) is 37.6 Å². The van der Waals surface area contributed by atoms with E-state index in [9.17, 15) is 13.6 Å². The van der Waals surface area contributed by atoms with Crippen molar-refractivity contribution in [3.05, 3.63) is 69.7 Å². The van der Waals surface area contributed by atoms with Gasteiger partial charge in [0.15, 0.2) is 6.29 Å². The molecule has 0 radical (unpaired) electrons. The average Bonchev–Trinajstić information content (AvgIpc) is 2.84. The van der Waals surface area contributed by atoms with Crippen LogP contribution in [0.3, 0.4) is 0 Å². The van der Waals surface area contributed by atoms with Crippen LogP contribution in [0.15, 0.2) is 51.7 Å². The summed E-state index contributed by atoms with van der Waals surface area (Å²) in [7, 11) is 0. The van der Waals surface area contributed by atoms with Crippen molar-refractivity contribution in [1.82, 2.24) is 11.0 Å². The van der Waals surface area contributed by atoms with Crippen molar-refractivity contribution in [2.24, 2.45) is 32.6 Å². The molecule has 35 heavy (non-hydrogen) atoms. The van der Waals surface area contributed by atoms with E-state index in [0.29, 0.717) is 25.1 Å². The molecule has 0 aliphatic carbocycles. The number of aldehydes is 1. The summed E-state index contributed by atoms with van der Waals surface area (Å²) < 4.78 is 25.9. The van der Waals surface area contributed by atoms with Crippen LogP contribution in [0.5, 0.6) is 0 Å². The Hall–Kier alpha value is -3.81. The summed E-state index contributed by atoms with van der Waals surface area (Å²) >= 11 is 5.78. The topological polar surface area (TPSA) is 175 Å². The van der Waals surface area contributed by atoms with Gasteiger partial charge in [-0.25, -0.2) is 19.7 Å². The molecule has 0 saturated carbocycles. The van der Waals surface area contributed by atoms with E-state index in [1.165, 1.54) is 24.4 Å². The highest BCUT2D eigenvalue weighted by atomic mass is 35.5. The number of nitrogens with one attached hydrogen (secondary N) is 2. The Morgan fingerprint density at radius 1 is 1.00 bits per heavy atom. The molecule has 11 nitrogen and oxygen atoms in total. The molecule has 0 atom stereocenters. The standard InChI is InChI=1S/C10H12ClFN4O.C8H7FO.C3H10N4O/c1-2-17-16-10(13)15-14-6-7-8(11)4-3-5-9(7)12;1-6-3-2-4-8(9)7(6)5-10;1-2-8-7-3(4)6-5/h3-6H,2H2,1H3,(H3,13,15,16);2-5H,1H3;2,5H2,1H3,(H3,4,6,7)/b14-6+;;. The number of halogens is 3. The smallest absolute Gasteiger partial charge is 0.237 e. The first-order valence-corrected chi connectivity index (χ1v) is 10.4. The summed E-state index contributed by atoms with van der Waals surface area (Å²) in [6.45, 7) is 6.25. The van der Waals surface area contributed by atoms with Gasteiger partial charge in [0.05, 0.1) is 30.0 Å². The molecule has 0 aliphatic heterocycles. The van der Waals surface area contributed by atoms with Crippen molar-refractivity contribution >= 4 is 36.0 Å². The van der Waals surface area contributed by atoms with Gasteiger partial charge in [0.25, 0.3) is 0 Å². The number of rotatable bonds is 7. The molecular weight excluding hydrogens is 486 g/mol. The van der Waals surface area contributed by atoms with Gasteiger partial charge >= 0.3 is 0 Å². The molecule has 0 unspecified atom stereocenters. The van der Waals surface area contributed by atoms with Crippen LogP contribution in [-0.2, 0) is 9.68 Å². The first-order chi connectivity index (χ1) is 16.7. The quantitative estimate of drug-likeness (QED) is 0.123. The van der Waals surface area contributed by atoms with E-state index in [4.69, 9.17) is 33.7 Å². The summed E-state index contributed by atoms with van der Waals surface area (Å²) in [5.41, 5.74) is 16.0. The van der Waals surface area contributed by atoms with E-state index in [2.05, 4.69) is 31.1 Å². The summed E-state index contributed by atoms with van der Waals surface area (Å²) in [5, 5.41) is 10.5. The highest BCUT2D eigenvalue weighted by molar-refractivity contribution is 6.33. The Labute approximate surface area is 206 Å². The van der Waals surface area contributed by atoms with E-state index in [-0.39, 0.29) is 28.1 Å². The SMILES string of the molecule is CCONC(N)=N/N=C/c1c(F)cccc1Cl.CCONC(N)=NN.Cc1cccc(F)c1C=O. The second-order valence-electron chi connectivity index (χ2n) is 6.04. The number of guanidine groups is 2. The number of benzene rings is 2. The van der Waals surface area contributed by atoms with Gasteiger partial charge in [0.2, 0.25) is 11.9 Å². The van der Waals surface area contributed by atoms with Crippen LogP contribution in [0.2, 0.25) is 5.02 Å². The Morgan fingerprint density at radius 3 is 2.00 bits per heavy atom. The molecule has 0 aliphatic rings. The molecule has 0 amide bonds. The first-order valence-electron chi connectivity index (χ1n) is 10.0. The van der Waals surface area contributed by atoms with Crippen LogP contribution in [0.1, 0.15) is 35.3 Å². The minimum absolute atomic E-state index is 0.0319. The number of hydrogen-bond donors (Lipinski definition) is 5. The van der Waals surface area contributed by atoms with E-state index in [1.807, 2.05) is 6.92 Å². The van der Waals surface area contributed by atoms with Crippen molar-refractivity contribution in [1.29, 1.82) is 0 Å². The molecule has 192 valence electrons. The predicted octanol–water partition coefficient (Wildman–Crippen LogP) is 2.33. The molecule has 0 heterocycles. The first kappa shape index (κ1) is 31.2. The Morgan fingerprint density at radius 2 is 1.54 bits per heavy atom.